The fourth-order valence-corrected chi connectivity index (χ4v) is 4.88. The molecule has 2 atom stereocenters. The van der Waals surface area contributed by atoms with Gasteiger partial charge in [-0.05, 0) is 44.6 Å². The van der Waals surface area contributed by atoms with Gasteiger partial charge in [-0.25, -0.2) is 0 Å². The predicted molar refractivity (Wildman–Crippen MR) is 97.3 cm³/mol. The predicted octanol–water partition coefficient (Wildman–Crippen LogP) is 2.07. The number of amides is 2. The molecule has 3 fully saturated rings. The third-order valence-corrected chi connectivity index (χ3v) is 6.13. The van der Waals surface area contributed by atoms with Crippen LogP contribution < -0.4 is 0 Å². The molecule has 0 radical (unpaired) electrons. The summed E-state index contributed by atoms with van der Waals surface area (Å²) in [5.74, 6) is 0.139. The van der Waals surface area contributed by atoms with Crippen molar-refractivity contribution < 1.29 is 23.5 Å². The van der Waals surface area contributed by atoms with Gasteiger partial charge in [0, 0.05) is 32.3 Å². The quantitative estimate of drug-likeness (QED) is 0.787. The van der Waals surface area contributed by atoms with Gasteiger partial charge in [-0.2, -0.15) is 0 Å². The lowest BCUT2D eigenvalue weighted by molar-refractivity contribution is -0.144. The Morgan fingerprint density at radius 2 is 1.81 bits per heavy atom. The Kier molecular flexibility index (Phi) is 5.50. The Morgan fingerprint density at radius 3 is 2.41 bits per heavy atom. The molecule has 4 heterocycles. The molecule has 7 nitrogen and oxygen atoms in total. The van der Waals surface area contributed by atoms with Crippen molar-refractivity contribution >= 4 is 11.8 Å². The monoisotopic (exact) mass is 376 g/mol. The number of carbonyl (C=O) groups excluding carboxylic acids is 2. The summed E-state index contributed by atoms with van der Waals surface area (Å²) in [7, 11) is 1.57. The van der Waals surface area contributed by atoms with Crippen LogP contribution in [0, 0.1) is 0 Å². The number of carbonyl (C=O) groups is 2. The van der Waals surface area contributed by atoms with Crippen LogP contribution in [0.25, 0.3) is 0 Å². The SMILES string of the molecule is COCC(=O)N1C2CCC1CC(OC1CCN(C(=O)c3ccoc3)CC1)C2. The van der Waals surface area contributed by atoms with E-state index in [0.717, 1.165) is 38.5 Å². The van der Waals surface area contributed by atoms with Crippen LogP contribution in [0.4, 0.5) is 0 Å². The Morgan fingerprint density at radius 1 is 1.11 bits per heavy atom. The molecule has 2 unspecified atom stereocenters. The normalized spacial score (nSPS) is 28.6. The van der Waals surface area contributed by atoms with Gasteiger partial charge in [-0.15, -0.1) is 0 Å². The lowest BCUT2D eigenvalue weighted by Crippen LogP contribution is -2.50. The van der Waals surface area contributed by atoms with Crippen LogP contribution in [-0.2, 0) is 14.3 Å². The van der Waals surface area contributed by atoms with Gasteiger partial charge in [0.25, 0.3) is 5.91 Å². The first kappa shape index (κ1) is 18.5. The van der Waals surface area contributed by atoms with Crippen molar-refractivity contribution in [2.75, 3.05) is 26.8 Å². The molecule has 148 valence electrons. The summed E-state index contributed by atoms with van der Waals surface area (Å²) in [6, 6.07) is 2.29. The second-order valence-corrected chi connectivity index (χ2v) is 7.85. The zero-order valence-electron chi connectivity index (χ0n) is 15.8. The summed E-state index contributed by atoms with van der Waals surface area (Å²) in [6.07, 6.45) is 9.14. The Hall–Kier alpha value is -1.86. The number of furan rings is 1. The standard InChI is InChI=1S/C20H28N2O5/c1-25-13-19(23)22-15-2-3-16(22)11-18(10-15)27-17-4-7-21(8-5-17)20(24)14-6-9-26-12-14/h6,9,12,15-18H,2-5,7-8,10-11,13H2,1H3. The van der Waals surface area contributed by atoms with Crippen LogP contribution in [0.5, 0.6) is 0 Å². The molecular formula is C20H28N2O5. The number of rotatable bonds is 5. The van der Waals surface area contributed by atoms with E-state index >= 15 is 0 Å². The number of hydrogen-bond acceptors (Lipinski definition) is 5. The Labute approximate surface area is 159 Å². The third kappa shape index (κ3) is 3.89. The fraction of sp³-hybridized carbons (Fsp3) is 0.700. The van der Waals surface area contributed by atoms with Crippen LogP contribution in [0.3, 0.4) is 0 Å². The summed E-state index contributed by atoms with van der Waals surface area (Å²) in [5.41, 5.74) is 0.610. The van der Waals surface area contributed by atoms with E-state index in [1.54, 1.807) is 13.2 Å². The molecule has 4 rings (SSSR count). The van der Waals surface area contributed by atoms with Crippen molar-refractivity contribution in [2.45, 2.75) is 62.8 Å². The molecule has 0 saturated carbocycles. The Balaban J connectivity index is 1.26. The van der Waals surface area contributed by atoms with E-state index in [-0.39, 0.29) is 30.6 Å². The lowest BCUT2D eigenvalue weighted by atomic mass is 9.98. The molecule has 0 N–H and O–H groups in total. The van der Waals surface area contributed by atoms with Crippen molar-refractivity contribution in [1.82, 2.24) is 9.80 Å². The molecule has 27 heavy (non-hydrogen) atoms. The van der Waals surface area contributed by atoms with Gasteiger partial charge in [0.2, 0.25) is 5.91 Å². The maximum atomic E-state index is 12.4. The van der Waals surface area contributed by atoms with E-state index in [4.69, 9.17) is 13.9 Å². The maximum Gasteiger partial charge on any atom is 0.257 e. The average Bonchev–Trinajstić information content (AvgIpc) is 3.29. The van der Waals surface area contributed by atoms with E-state index in [2.05, 4.69) is 0 Å². The largest absolute Gasteiger partial charge is 0.472 e. The van der Waals surface area contributed by atoms with Crippen molar-refractivity contribution in [3.63, 3.8) is 0 Å². The van der Waals surface area contributed by atoms with Gasteiger partial charge < -0.3 is 23.7 Å². The Bertz CT molecular complexity index is 639. The first-order chi connectivity index (χ1) is 13.2. The van der Waals surface area contributed by atoms with Gasteiger partial charge in [0.15, 0.2) is 0 Å². The number of fused-ring (bicyclic) bond motifs is 2. The highest BCUT2D eigenvalue weighted by Gasteiger charge is 2.44. The van der Waals surface area contributed by atoms with E-state index in [1.807, 2.05) is 9.80 Å². The van der Waals surface area contributed by atoms with Crippen LogP contribution in [0.2, 0.25) is 0 Å². The molecule has 0 spiro atoms. The number of piperidine rings is 2. The van der Waals surface area contributed by atoms with Crippen molar-refractivity contribution in [1.29, 1.82) is 0 Å². The van der Waals surface area contributed by atoms with Gasteiger partial charge in [-0.3, -0.25) is 9.59 Å². The van der Waals surface area contributed by atoms with Gasteiger partial charge in [0.1, 0.15) is 12.9 Å². The van der Waals surface area contributed by atoms with Crippen LogP contribution in [0.15, 0.2) is 23.0 Å². The summed E-state index contributed by atoms with van der Waals surface area (Å²) < 4.78 is 16.4. The third-order valence-electron chi connectivity index (χ3n) is 6.13. The summed E-state index contributed by atoms with van der Waals surface area (Å²) >= 11 is 0. The van der Waals surface area contributed by atoms with E-state index in [9.17, 15) is 9.59 Å². The highest BCUT2D eigenvalue weighted by molar-refractivity contribution is 5.93. The summed E-state index contributed by atoms with van der Waals surface area (Å²) in [6.45, 7) is 1.60. The average molecular weight is 376 g/mol. The molecule has 1 aromatic heterocycles. The number of nitrogens with zero attached hydrogens (tertiary/aromatic N) is 2. The summed E-state index contributed by atoms with van der Waals surface area (Å²) in [4.78, 5) is 28.6. The topological polar surface area (TPSA) is 72.2 Å². The van der Waals surface area contributed by atoms with Gasteiger partial charge in [0.05, 0.1) is 24.0 Å². The first-order valence-electron chi connectivity index (χ1n) is 9.92. The van der Waals surface area contributed by atoms with Crippen molar-refractivity contribution in [2.24, 2.45) is 0 Å². The minimum Gasteiger partial charge on any atom is -0.472 e. The molecule has 3 aliphatic rings. The zero-order chi connectivity index (χ0) is 18.8. The van der Waals surface area contributed by atoms with Crippen LogP contribution in [0.1, 0.15) is 48.9 Å². The minimum atomic E-state index is 0.0326. The van der Waals surface area contributed by atoms with Gasteiger partial charge in [-0.1, -0.05) is 0 Å². The maximum absolute atomic E-state index is 12.4. The van der Waals surface area contributed by atoms with E-state index < -0.39 is 0 Å². The van der Waals surface area contributed by atoms with Crippen molar-refractivity contribution in [3.05, 3.63) is 24.2 Å². The second-order valence-electron chi connectivity index (χ2n) is 7.85. The minimum absolute atomic E-state index is 0.0326. The molecule has 3 aliphatic heterocycles. The highest BCUT2D eigenvalue weighted by Crippen LogP contribution is 2.38. The van der Waals surface area contributed by atoms with Crippen LogP contribution >= 0.6 is 0 Å². The highest BCUT2D eigenvalue weighted by atomic mass is 16.5. The number of likely N-dealkylation sites (tertiary alicyclic amines) is 1. The molecule has 0 aromatic carbocycles. The fourth-order valence-electron chi connectivity index (χ4n) is 4.88. The van der Waals surface area contributed by atoms with Crippen LogP contribution in [-0.4, -0.2) is 72.7 Å². The van der Waals surface area contributed by atoms with Gasteiger partial charge >= 0.3 is 0 Å². The first-order valence-corrected chi connectivity index (χ1v) is 9.92. The molecule has 7 heteroatoms. The molecule has 3 saturated heterocycles. The van der Waals surface area contributed by atoms with Crippen molar-refractivity contribution in [3.8, 4) is 0 Å². The number of methoxy groups -OCH3 is 1. The zero-order valence-corrected chi connectivity index (χ0v) is 15.8. The van der Waals surface area contributed by atoms with E-state index in [0.29, 0.717) is 30.7 Å². The van der Waals surface area contributed by atoms with E-state index in [1.165, 1.54) is 12.5 Å². The molecule has 2 bridgehead atoms. The molecule has 1 aromatic rings. The second kappa shape index (κ2) is 8.02. The lowest BCUT2D eigenvalue weighted by Gasteiger charge is -2.41. The summed E-state index contributed by atoms with van der Waals surface area (Å²) in [5, 5.41) is 0. The molecule has 2 amide bonds. The molecular weight excluding hydrogens is 348 g/mol. The number of ether oxygens (including phenoxy) is 2. The molecule has 0 aliphatic carbocycles. The number of hydrogen-bond donors (Lipinski definition) is 0. The smallest absolute Gasteiger partial charge is 0.257 e.